The fraction of sp³-hybridized carbons (Fsp3) is 0.125. The molecular formula is C16H15ClFN3S. The van der Waals surface area contributed by atoms with Gasteiger partial charge in [-0.15, -0.1) is 0 Å². The van der Waals surface area contributed by atoms with Crippen LogP contribution in [0.3, 0.4) is 0 Å². The van der Waals surface area contributed by atoms with E-state index in [-0.39, 0.29) is 5.56 Å². The second kappa shape index (κ2) is 7.87. The van der Waals surface area contributed by atoms with E-state index in [1.165, 1.54) is 17.3 Å². The molecule has 0 saturated carbocycles. The van der Waals surface area contributed by atoms with Crippen LogP contribution in [0.25, 0.3) is 0 Å². The summed E-state index contributed by atoms with van der Waals surface area (Å²) in [5, 5.41) is 9.39. The van der Waals surface area contributed by atoms with Crippen molar-refractivity contribution in [1.29, 1.82) is 0 Å². The Balaban J connectivity index is 1.95. The van der Waals surface area contributed by atoms with Gasteiger partial charge in [-0.3, -0.25) is 0 Å². The summed E-state index contributed by atoms with van der Waals surface area (Å²) in [4.78, 5) is 0. The molecule has 6 heteroatoms. The Bertz CT molecular complexity index is 656. The Morgan fingerprint density at radius 2 is 2.00 bits per heavy atom. The van der Waals surface area contributed by atoms with Crippen molar-refractivity contribution in [2.24, 2.45) is 5.10 Å². The number of nitrogens with one attached hydrogen (secondary N) is 1. The molecule has 114 valence electrons. The molecule has 1 N–H and O–H groups in total. The molecular weight excluding hydrogens is 321 g/mol. The molecule has 22 heavy (non-hydrogen) atoms. The fourth-order valence-electron chi connectivity index (χ4n) is 1.72. The Kier molecular flexibility index (Phi) is 5.86. The third-order valence-electron chi connectivity index (χ3n) is 2.94. The first kappa shape index (κ1) is 16.4. The standard InChI is InChI=1S/C16H15ClFN3S/c1-21(16(22)19-10-12-6-3-2-4-7-12)20-11-13-14(17)8-5-9-15(13)18/h2-9,11H,10H2,1H3,(H,19,22)/b20-11-. The zero-order chi connectivity index (χ0) is 15.9. The first-order chi connectivity index (χ1) is 10.6. The Morgan fingerprint density at radius 3 is 2.68 bits per heavy atom. The van der Waals surface area contributed by atoms with Gasteiger partial charge in [-0.2, -0.15) is 5.10 Å². The lowest BCUT2D eigenvalue weighted by atomic mass is 10.2. The van der Waals surface area contributed by atoms with Gasteiger partial charge in [0.1, 0.15) is 5.82 Å². The maximum atomic E-state index is 13.6. The summed E-state index contributed by atoms with van der Waals surface area (Å²) in [5.41, 5.74) is 1.35. The average molecular weight is 336 g/mol. The molecule has 3 nitrogen and oxygen atoms in total. The molecule has 0 aliphatic rings. The van der Waals surface area contributed by atoms with Gasteiger partial charge in [0.05, 0.1) is 11.2 Å². The molecule has 2 aromatic carbocycles. The van der Waals surface area contributed by atoms with Crippen LogP contribution in [0.5, 0.6) is 0 Å². The minimum absolute atomic E-state index is 0.238. The summed E-state index contributed by atoms with van der Waals surface area (Å²) < 4.78 is 13.6. The van der Waals surface area contributed by atoms with E-state index in [0.29, 0.717) is 16.7 Å². The molecule has 0 aromatic heterocycles. The lowest BCUT2D eigenvalue weighted by Gasteiger charge is -2.15. The van der Waals surface area contributed by atoms with Crippen molar-refractivity contribution in [2.75, 3.05) is 7.05 Å². The molecule has 0 saturated heterocycles. The van der Waals surface area contributed by atoms with E-state index >= 15 is 0 Å². The summed E-state index contributed by atoms with van der Waals surface area (Å²) in [6.07, 6.45) is 1.36. The number of hydrogen-bond acceptors (Lipinski definition) is 2. The molecule has 0 aliphatic heterocycles. The van der Waals surface area contributed by atoms with Crippen molar-refractivity contribution in [1.82, 2.24) is 10.3 Å². The van der Waals surface area contributed by atoms with Crippen LogP contribution in [-0.4, -0.2) is 23.4 Å². The highest BCUT2D eigenvalue weighted by atomic mass is 35.5. The second-order valence-corrected chi connectivity index (χ2v) is 5.34. The quantitative estimate of drug-likeness (QED) is 0.523. The molecule has 0 heterocycles. The van der Waals surface area contributed by atoms with Crippen molar-refractivity contribution in [2.45, 2.75) is 6.54 Å². The molecule has 0 bridgehead atoms. The number of hydrazone groups is 1. The maximum Gasteiger partial charge on any atom is 0.189 e. The summed E-state index contributed by atoms with van der Waals surface area (Å²) in [6, 6.07) is 14.4. The van der Waals surface area contributed by atoms with E-state index in [4.69, 9.17) is 23.8 Å². The average Bonchev–Trinajstić information content (AvgIpc) is 2.53. The van der Waals surface area contributed by atoms with Crippen LogP contribution in [0.4, 0.5) is 4.39 Å². The van der Waals surface area contributed by atoms with Gasteiger partial charge in [-0.1, -0.05) is 48.0 Å². The van der Waals surface area contributed by atoms with E-state index in [9.17, 15) is 4.39 Å². The Labute approximate surface area is 139 Å². The molecule has 2 aromatic rings. The van der Waals surface area contributed by atoms with E-state index in [0.717, 1.165) is 5.56 Å². The summed E-state index contributed by atoms with van der Waals surface area (Å²) in [6.45, 7) is 0.597. The monoisotopic (exact) mass is 335 g/mol. The highest BCUT2D eigenvalue weighted by molar-refractivity contribution is 7.80. The van der Waals surface area contributed by atoms with Crippen molar-refractivity contribution in [3.05, 3.63) is 70.5 Å². The minimum atomic E-state index is -0.423. The Hall–Kier alpha value is -1.98. The number of benzene rings is 2. The van der Waals surface area contributed by atoms with Gasteiger partial charge in [0.25, 0.3) is 0 Å². The summed E-state index contributed by atoms with van der Waals surface area (Å²) >= 11 is 11.2. The van der Waals surface area contributed by atoms with Crippen LogP contribution in [0.15, 0.2) is 53.6 Å². The topological polar surface area (TPSA) is 27.6 Å². The fourth-order valence-corrected chi connectivity index (χ4v) is 2.05. The van der Waals surface area contributed by atoms with Gasteiger partial charge in [-0.05, 0) is 29.9 Å². The van der Waals surface area contributed by atoms with E-state index < -0.39 is 5.82 Å². The van der Waals surface area contributed by atoms with Crippen molar-refractivity contribution in [3.8, 4) is 0 Å². The molecule has 0 fully saturated rings. The smallest absolute Gasteiger partial charge is 0.189 e. The molecule has 0 atom stereocenters. The highest BCUT2D eigenvalue weighted by Crippen LogP contribution is 2.16. The van der Waals surface area contributed by atoms with Crippen LogP contribution < -0.4 is 5.32 Å². The molecule has 0 amide bonds. The van der Waals surface area contributed by atoms with E-state index in [1.807, 2.05) is 30.3 Å². The van der Waals surface area contributed by atoms with Crippen LogP contribution in [0.2, 0.25) is 5.02 Å². The zero-order valence-corrected chi connectivity index (χ0v) is 13.5. The molecule has 2 rings (SSSR count). The first-order valence-corrected chi connectivity index (χ1v) is 7.40. The van der Waals surface area contributed by atoms with Crippen LogP contribution in [0, 0.1) is 5.82 Å². The van der Waals surface area contributed by atoms with Gasteiger partial charge in [0, 0.05) is 19.2 Å². The SMILES string of the molecule is CN(/N=C\c1c(F)cccc1Cl)C(=S)NCc1ccccc1. The Morgan fingerprint density at radius 1 is 1.27 bits per heavy atom. The minimum Gasteiger partial charge on any atom is -0.357 e. The van der Waals surface area contributed by atoms with E-state index in [1.54, 1.807) is 19.2 Å². The number of hydrogen-bond donors (Lipinski definition) is 1. The van der Waals surface area contributed by atoms with Crippen LogP contribution in [-0.2, 0) is 6.54 Å². The summed E-state index contributed by atoms with van der Waals surface area (Å²) in [7, 11) is 1.69. The molecule has 0 aliphatic carbocycles. The van der Waals surface area contributed by atoms with Gasteiger partial charge < -0.3 is 5.32 Å². The number of halogens is 2. The molecule has 0 spiro atoms. The predicted octanol–water partition coefficient (Wildman–Crippen LogP) is 3.82. The third-order valence-corrected chi connectivity index (χ3v) is 3.68. The lowest BCUT2D eigenvalue weighted by Crippen LogP contribution is -2.33. The maximum absolute atomic E-state index is 13.6. The second-order valence-electron chi connectivity index (χ2n) is 4.55. The van der Waals surface area contributed by atoms with Crippen molar-refractivity contribution in [3.63, 3.8) is 0 Å². The first-order valence-electron chi connectivity index (χ1n) is 6.61. The molecule has 0 unspecified atom stereocenters. The number of nitrogens with zero attached hydrogens (tertiary/aromatic N) is 2. The van der Waals surface area contributed by atoms with Gasteiger partial charge in [0.2, 0.25) is 0 Å². The molecule has 0 radical (unpaired) electrons. The van der Waals surface area contributed by atoms with Crippen LogP contribution in [0.1, 0.15) is 11.1 Å². The number of thiocarbonyl (C=S) groups is 1. The summed E-state index contributed by atoms with van der Waals surface area (Å²) in [5.74, 6) is -0.423. The normalized spacial score (nSPS) is 10.7. The van der Waals surface area contributed by atoms with Crippen LogP contribution >= 0.6 is 23.8 Å². The number of rotatable bonds is 4. The largest absolute Gasteiger partial charge is 0.357 e. The van der Waals surface area contributed by atoms with Gasteiger partial charge in [-0.25, -0.2) is 9.40 Å². The zero-order valence-electron chi connectivity index (χ0n) is 12.0. The van der Waals surface area contributed by atoms with Crippen molar-refractivity contribution >= 4 is 35.1 Å². The van der Waals surface area contributed by atoms with Gasteiger partial charge in [0.15, 0.2) is 5.11 Å². The highest BCUT2D eigenvalue weighted by Gasteiger charge is 2.06. The lowest BCUT2D eigenvalue weighted by molar-refractivity contribution is 0.531. The van der Waals surface area contributed by atoms with Crippen molar-refractivity contribution < 1.29 is 4.39 Å². The third kappa shape index (κ3) is 4.51. The van der Waals surface area contributed by atoms with E-state index in [2.05, 4.69) is 10.4 Å². The predicted molar refractivity (Wildman–Crippen MR) is 92.6 cm³/mol. The van der Waals surface area contributed by atoms with Gasteiger partial charge >= 0.3 is 0 Å².